The van der Waals surface area contributed by atoms with Gasteiger partial charge in [-0.3, -0.25) is 0 Å². The molecule has 0 spiro atoms. The third-order valence-electron chi connectivity index (χ3n) is 3.20. The minimum absolute atomic E-state index is 0.113. The molecule has 5 N–H and O–H groups in total. The summed E-state index contributed by atoms with van der Waals surface area (Å²) < 4.78 is 14.3. The predicted molar refractivity (Wildman–Crippen MR) is 97.2 cm³/mol. The fraction of sp³-hybridized carbons (Fsp3) is 0.222. The highest BCUT2D eigenvalue weighted by Crippen LogP contribution is 2.22. The smallest absolute Gasteiger partial charge is 0.338 e. The van der Waals surface area contributed by atoms with Crippen molar-refractivity contribution in [3.63, 3.8) is 0 Å². The highest BCUT2D eigenvalue weighted by molar-refractivity contribution is 5.91. The summed E-state index contributed by atoms with van der Waals surface area (Å²) in [5.74, 6) is -0.496. The minimum Gasteiger partial charge on any atom is -0.506 e. The number of hydrogen-bond donors (Lipinski definition) is 3. The molecule has 0 aliphatic carbocycles. The van der Waals surface area contributed by atoms with E-state index >= 15 is 0 Å². The third-order valence-corrected chi connectivity index (χ3v) is 3.20. The van der Waals surface area contributed by atoms with Gasteiger partial charge in [0.1, 0.15) is 11.5 Å². The Kier molecular flexibility index (Phi) is 7.75. The quantitative estimate of drug-likeness (QED) is 0.428. The summed E-state index contributed by atoms with van der Waals surface area (Å²) in [5, 5.41) is 9.11. The van der Waals surface area contributed by atoms with Gasteiger partial charge >= 0.3 is 11.9 Å². The highest BCUT2D eigenvalue weighted by atomic mass is 16.5. The van der Waals surface area contributed by atoms with Crippen LogP contribution in [0, 0.1) is 0 Å². The molecule has 0 fully saturated rings. The van der Waals surface area contributed by atoms with Crippen molar-refractivity contribution in [3.8, 4) is 11.5 Å². The number of esters is 2. The first kappa shape index (κ1) is 20.6. The van der Waals surface area contributed by atoms with Gasteiger partial charge in [-0.2, -0.15) is 0 Å². The first-order valence-corrected chi connectivity index (χ1v) is 7.61. The van der Waals surface area contributed by atoms with Gasteiger partial charge in [-0.05, 0) is 43.3 Å². The number of nitrogens with two attached hydrogens (primary N) is 2. The van der Waals surface area contributed by atoms with Crippen molar-refractivity contribution in [1.82, 2.24) is 0 Å². The molecule has 0 heterocycles. The summed E-state index contributed by atoms with van der Waals surface area (Å²) in [6, 6.07) is 8.98. The van der Waals surface area contributed by atoms with Crippen molar-refractivity contribution in [2.45, 2.75) is 6.92 Å². The van der Waals surface area contributed by atoms with Gasteiger partial charge in [-0.1, -0.05) is 0 Å². The molecule has 26 heavy (non-hydrogen) atoms. The number of anilines is 2. The number of hydrogen-bond acceptors (Lipinski definition) is 8. The van der Waals surface area contributed by atoms with Crippen LogP contribution in [0.5, 0.6) is 11.5 Å². The monoisotopic (exact) mass is 362 g/mol. The van der Waals surface area contributed by atoms with E-state index in [2.05, 4.69) is 4.74 Å². The van der Waals surface area contributed by atoms with Crippen molar-refractivity contribution in [2.75, 3.05) is 32.3 Å². The molecule has 140 valence electrons. The molecule has 2 aromatic rings. The van der Waals surface area contributed by atoms with Crippen molar-refractivity contribution < 1.29 is 28.9 Å². The van der Waals surface area contributed by atoms with E-state index in [0.29, 0.717) is 23.6 Å². The van der Waals surface area contributed by atoms with Gasteiger partial charge in [0.2, 0.25) is 0 Å². The lowest BCUT2D eigenvalue weighted by Gasteiger charge is -2.06. The van der Waals surface area contributed by atoms with Crippen LogP contribution in [-0.4, -0.2) is 37.9 Å². The Bertz CT molecular complexity index is 776. The lowest BCUT2D eigenvalue weighted by Crippen LogP contribution is -2.05. The Morgan fingerprint density at radius 2 is 1.54 bits per heavy atom. The predicted octanol–water partition coefficient (Wildman–Crippen LogP) is 2.22. The zero-order valence-corrected chi connectivity index (χ0v) is 14.8. The Balaban J connectivity index is 0.000000263. The van der Waals surface area contributed by atoms with Crippen LogP contribution in [0.25, 0.3) is 0 Å². The van der Waals surface area contributed by atoms with Crippen LogP contribution >= 0.6 is 0 Å². The molecule has 0 radical (unpaired) electrons. The number of carbonyl (C=O) groups excluding carboxylic acids is 2. The van der Waals surface area contributed by atoms with Crippen molar-refractivity contribution in [2.24, 2.45) is 0 Å². The maximum Gasteiger partial charge on any atom is 0.338 e. The minimum atomic E-state index is -0.495. The van der Waals surface area contributed by atoms with Crippen LogP contribution < -0.4 is 16.2 Å². The van der Waals surface area contributed by atoms with Crippen LogP contribution in [0.15, 0.2) is 36.4 Å². The van der Waals surface area contributed by atoms with Crippen LogP contribution in [-0.2, 0) is 9.47 Å². The fourth-order valence-electron chi connectivity index (χ4n) is 1.84. The van der Waals surface area contributed by atoms with Crippen LogP contribution in [0.1, 0.15) is 27.6 Å². The lowest BCUT2D eigenvalue weighted by atomic mass is 10.2. The van der Waals surface area contributed by atoms with Gasteiger partial charge in [0.25, 0.3) is 0 Å². The number of rotatable bonds is 4. The zero-order valence-electron chi connectivity index (χ0n) is 14.8. The molecule has 0 amide bonds. The number of benzene rings is 2. The lowest BCUT2D eigenvalue weighted by molar-refractivity contribution is 0.0525. The maximum absolute atomic E-state index is 11.3. The van der Waals surface area contributed by atoms with Gasteiger partial charge in [0.15, 0.2) is 0 Å². The summed E-state index contributed by atoms with van der Waals surface area (Å²) in [6.07, 6.45) is 0. The van der Waals surface area contributed by atoms with E-state index in [1.54, 1.807) is 25.1 Å². The molecule has 8 nitrogen and oxygen atoms in total. The SMILES string of the molecule is CCOC(=O)c1ccc(N)c(OC)c1.COC(=O)c1ccc(N)c(O)c1. The van der Waals surface area contributed by atoms with Crippen LogP contribution in [0.2, 0.25) is 0 Å². The summed E-state index contributed by atoms with van der Waals surface area (Å²) >= 11 is 0. The standard InChI is InChI=1S/C10H13NO3.C8H9NO3/c1-3-14-10(12)7-4-5-8(11)9(6-7)13-2;1-12-8(11)5-2-3-6(9)7(10)4-5/h4-6H,3,11H2,1-2H3;2-4,10H,9H2,1H3. The molecule has 2 aromatic carbocycles. The van der Waals surface area contributed by atoms with Crippen LogP contribution in [0.3, 0.4) is 0 Å². The molecule has 0 aliphatic rings. The molecule has 0 saturated heterocycles. The molecule has 0 saturated carbocycles. The Morgan fingerprint density at radius 1 is 0.962 bits per heavy atom. The van der Waals surface area contributed by atoms with Gasteiger partial charge < -0.3 is 30.8 Å². The first-order valence-electron chi connectivity index (χ1n) is 7.61. The van der Waals surface area contributed by atoms with E-state index in [4.69, 9.17) is 26.0 Å². The average molecular weight is 362 g/mol. The Morgan fingerprint density at radius 3 is 2.04 bits per heavy atom. The van der Waals surface area contributed by atoms with Crippen molar-refractivity contribution >= 4 is 23.3 Å². The van der Waals surface area contributed by atoms with E-state index < -0.39 is 5.97 Å². The summed E-state index contributed by atoms with van der Waals surface area (Å²) in [7, 11) is 2.77. The van der Waals surface area contributed by atoms with Gasteiger partial charge in [0, 0.05) is 0 Å². The number of methoxy groups -OCH3 is 2. The second-order valence-corrected chi connectivity index (χ2v) is 4.94. The fourth-order valence-corrected chi connectivity index (χ4v) is 1.84. The van der Waals surface area contributed by atoms with E-state index in [-0.39, 0.29) is 23.0 Å². The number of phenolic OH excluding ortho intramolecular Hbond substituents is 1. The zero-order chi connectivity index (χ0) is 19.7. The normalized spacial score (nSPS) is 9.50. The Labute approximate surface area is 151 Å². The average Bonchev–Trinajstić information content (AvgIpc) is 2.64. The molecule has 0 aliphatic heterocycles. The number of aromatic hydroxyl groups is 1. The number of carbonyl (C=O) groups is 2. The van der Waals surface area contributed by atoms with Crippen molar-refractivity contribution in [3.05, 3.63) is 47.5 Å². The summed E-state index contributed by atoms with van der Waals surface area (Å²) in [6.45, 7) is 2.11. The van der Waals surface area contributed by atoms with Crippen molar-refractivity contribution in [1.29, 1.82) is 0 Å². The van der Waals surface area contributed by atoms with E-state index in [1.807, 2.05) is 0 Å². The summed E-state index contributed by atoms with van der Waals surface area (Å²) in [5.41, 5.74) is 12.4. The van der Waals surface area contributed by atoms with E-state index in [9.17, 15) is 9.59 Å². The van der Waals surface area contributed by atoms with Gasteiger partial charge in [-0.25, -0.2) is 9.59 Å². The number of nitrogen functional groups attached to an aromatic ring is 2. The third kappa shape index (κ3) is 5.59. The van der Waals surface area contributed by atoms with Gasteiger partial charge in [-0.15, -0.1) is 0 Å². The molecule has 0 atom stereocenters. The van der Waals surface area contributed by atoms with E-state index in [1.165, 1.54) is 32.4 Å². The number of ether oxygens (including phenoxy) is 3. The highest BCUT2D eigenvalue weighted by Gasteiger charge is 2.09. The summed E-state index contributed by atoms with van der Waals surface area (Å²) in [4.78, 5) is 22.2. The van der Waals surface area contributed by atoms with Gasteiger partial charge in [0.05, 0.1) is 43.3 Å². The largest absolute Gasteiger partial charge is 0.506 e. The number of phenols is 1. The molecule has 0 unspecified atom stereocenters. The maximum atomic E-state index is 11.3. The topological polar surface area (TPSA) is 134 Å². The second-order valence-electron chi connectivity index (χ2n) is 4.94. The molecular weight excluding hydrogens is 340 g/mol. The first-order chi connectivity index (χ1) is 12.3. The molecule has 0 bridgehead atoms. The molecule has 8 heteroatoms. The van der Waals surface area contributed by atoms with E-state index in [0.717, 1.165) is 0 Å². The Hall–Kier alpha value is -3.42. The van der Waals surface area contributed by atoms with Crippen LogP contribution in [0.4, 0.5) is 11.4 Å². The molecular formula is C18H22N2O6. The molecule has 0 aromatic heterocycles. The second kappa shape index (κ2) is 9.77. The molecule has 2 rings (SSSR count).